The van der Waals surface area contributed by atoms with E-state index < -0.39 is 41.8 Å². The third-order valence-electron chi connectivity index (χ3n) is 7.17. The summed E-state index contributed by atoms with van der Waals surface area (Å²) in [5.74, 6) is -1.91. The molecule has 11 nitrogen and oxygen atoms in total. The number of nitrogens with one attached hydrogen (secondary N) is 4. The van der Waals surface area contributed by atoms with Gasteiger partial charge in [0.1, 0.15) is 17.8 Å². The number of para-hydroxylation sites is 1. The summed E-state index contributed by atoms with van der Waals surface area (Å²) in [6, 6.07) is 15.5. The summed E-state index contributed by atoms with van der Waals surface area (Å²) in [4.78, 5) is 64.5. The van der Waals surface area contributed by atoms with Crippen LogP contribution in [-0.4, -0.2) is 67.5 Å². The summed E-state index contributed by atoms with van der Waals surface area (Å²) in [6.07, 6.45) is 4.13. The van der Waals surface area contributed by atoms with Gasteiger partial charge in [0.05, 0.1) is 6.61 Å². The molecule has 1 saturated heterocycles. The molecule has 0 saturated carbocycles. The quantitative estimate of drug-likeness (QED) is 0.157. The lowest BCUT2D eigenvalue weighted by atomic mass is 9.97. The van der Waals surface area contributed by atoms with Gasteiger partial charge in [-0.15, -0.1) is 0 Å². The summed E-state index contributed by atoms with van der Waals surface area (Å²) in [5, 5.41) is 11.3. The van der Waals surface area contributed by atoms with Crippen LogP contribution in [0.3, 0.4) is 0 Å². The van der Waals surface area contributed by atoms with E-state index in [9.17, 15) is 24.0 Å². The van der Waals surface area contributed by atoms with Gasteiger partial charge in [-0.05, 0) is 49.8 Å². The zero-order valence-corrected chi connectivity index (χ0v) is 26.1. The molecule has 11 heteroatoms. The molecule has 2 aromatic carbocycles. The molecule has 1 aliphatic rings. The molecule has 3 rings (SSSR count). The van der Waals surface area contributed by atoms with Crippen molar-refractivity contribution in [3.05, 3.63) is 78.4 Å². The maximum absolute atomic E-state index is 13.8. The Labute approximate surface area is 264 Å². The molecule has 0 radical (unpaired) electrons. The summed E-state index contributed by atoms with van der Waals surface area (Å²) in [5.41, 5.74) is 0.812. The van der Waals surface area contributed by atoms with Crippen LogP contribution in [0, 0.1) is 11.8 Å². The molecule has 1 aliphatic heterocycles. The van der Waals surface area contributed by atoms with Gasteiger partial charge in [0, 0.05) is 31.0 Å². The van der Waals surface area contributed by atoms with E-state index in [2.05, 4.69) is 21.3 Å². The van der Waals surface area contributed by atoms with Crippen molar-refractivity contribution in [3.8, 4) is 5.75 Å². The Bertz CT molecular complexity index is 1300. The standard InChI is InChI=1S/C34H44N4O7/c1-4-44-31(40)16-15-26(21-25-17-18-35-32(25)41)36-33(42)29(20-24-11-7-5-8-12-24)38-34(43)28(19-23(2)3)37-30(39)22-45-27-13-9-6-10-14-27/h5-16,23,25-26,28-29H,4,17-22H2,1-3H3,(H,35,41)(H,36,42)(H,37,39)(H,38,43)/b16-15+/t25-,26+,28-,29-/m0/s1. The fourth-order valence-electron chi connectivity index (χ4n) is 4.97. The van der Waals surface area contributed by atoms with Crippen molar-refractivity contribution in [1.82, 2.24) is 21.3 Å². The second-order valence-electron chi connectivity index (χ2n) is 11.3. The van der Waals surface area contributed by atoms with Gasteiger partial charge >= 0.3 is 5.97 Å². The average molecular weight is 621 g/mol. The number of carbonyl (C=O) groups is 5. The number of carbonyl (C=O) groups excluding carboxylic acids is 5. The Morgan fingerprint density at radius 3 is 2.22 bits per heavy atom. The van der Waals surface area contributed by atoms with Gasteiger partial charge < -0.3 is 30.7 Å². The minimum absolute atomic E-state index is 0.0624. The first-order chi connectivity index (χ1) is 21.6. The normalized spacial score (nSPS) is 16.4. The Morgan fingerprint density at radius 1 is 0.933 bits per heavy atom. The topological polar surface area (TPSA) is 152 Å². The number of hydrogen-bond donors (Lipinski definition) is 4. The molecule has 45 heavy (non-hydrogen) atoms. The third-order valence-corrected chi connectivity index (χ3v) is 7.17. The van der Waals surface area contributed by atoms with Gasteiger partial charge in [-0.3, -0.25) is 19.2 Å². The first kappa shape index (κ1) is 34.8. The van der Waals surface area contributed by atoms with Gasteiger partial charge in [0.15, 0.2) is 6.61 Å². The largest absolute Gasteiger partial charge is 0.484 e. The number of benzene rings is 2. The van der Waals surface area contributed by atoms with E-state index in [0.717, 1.165) is 5.56 Å². The Balaban J connectivity index is 1.76. The SMILES string of the molecule is CCOC(=O)/C=C/[C@H](C[C@@H]1CCNC1=O)NC(=O)[C@H](Cc1ccccc1)NC(=O)[C@H](CC(C)C)NC(=O)COc1ccccc1. The highest BCUT2D eigenvalue weighted by atomic mass is 16.5. The Morgan fingerprint density at radius 2 is 1.60 bits per heavy atom. The van der Waals surface area contributed by atoms with E-state index in [0.29, 0.717) is 25.1 Å². The van der Waals surface area contributed by atoms with Gasteiger partial charge in [0.2, 0.25) is 17.7 Å². The highest BCUT2D eigenvalue weighted by molar-refractivity contribution is 5.92. The summed E-state index contributed by atoms with van der Waals surface area (Å²) < 4.78 is 10.5. The minimum atomic E-state index is -1.01. The number of ether oxygens (including phenoxy) is 2. The molecule has 0 unspecified atom stereocenters. The number of amides is 4. The lowest BCUT2D eigenvalue weighted by molar-refractivity contribution is -0.137. The Hall–Kier alpha value is -4.67. The van der Waals surface area contributed by atoms with Crippen LogP contribution in [0.2, 0.25) is 0 Å². The lowest BCUT2D eigenvalue weighted by Gasteiger charge is -2.26. The lowest BCUT2D eigenvalue weighted by Crippen LogP contribution is -2.56. The van der Waals surface area contributed by atoms with Crippen LogP contribution in [0.4, 0.5) is 0 Å². The molecular weight excluding hydrogens is 576 g/mol. The van der Waals surface area contributed by atoms with Crippen LogP contribution in [0.25, 0.3) is 0 Å². The van der Waals surface area contributed by atoms with E-state index >= 15 is 0 Å². The van der Waals surface area contributed by atoms with E-state index in [1.165, 1.54) is 12.2 Å². The number of hydrogen-bond acceptors (Lipinski definition) is 7. The van der Waals surface area contributed by atoms with Gasteiger partial charge in [0.25, 0.3) is 5.91 Å². The van der Waals surface area contributed by atoms with Crippen molar-refractivity contribution in [2.45, 2.75) is 64.6 Å². The fraction of sp³-hybridized carbons (Fsp3) is 0.441. The molecule has 4 atom stereocenters. The second kappa shape index (κ2) is 18.2. The Kier molecular flexibility index (Phi) is 14.1. The van der Waals surface area contributed by atoms with Crippen LogP contribution in [0.15, 0.2) is 72.8 Å². The molecule has 4 amide bonds. The smallest absolute Gasteiger partial charge is 0.330 e. The van der Waals surface area contributed by atoms with Crippen molar-refractivity contribution >= 4 is 29.6 Å². The van der Waals surface area contributed by atoms with Crippen LogP contribution < -0.4 is 26.0 Å². The molecule has 242 valence electrons. The first-order valence-corrected chi connectivity index (χ1v) is 15.4. The monoisotopic (exact) mass is 620 g/mol. The predicted molar refractivity (Wildman–Crippen MR) is 169 cm³/mol. The van der Waals surface area contributed by atoms with Crippen LogP contribution in [-0.2, 0) is 35.1 Å². The maximum Gasteiger partial charge on any atom is 0.330 e. The zero-order valence-electron chi connectivity index (χ0n) is 26.1. The van der Waals surface area contributed by atoms with Gasteiger partial charge in [-0.2, -0.15) is 0 Å². The summed E-state index contributed by atoms with van der Waals surface area (Å²) in [7, 11) is 0. The first-order valence-electron chi connectivity index (χ1n) is 15.4. The number of esters is 1. The summed E-state index contributed by atoms with van der Waals surface area (Å²) in [6.45, 7) is 6.02. The van der Waals surface area contributed by atoms with Crippen molar-refractivity contribution in [1.29, 1.82) is 0 Å². The molecule has 0 aromatic heterocycles. The van der Waals surface area contributed by atoms with E-state index in [-0.39, 0.29) is 43.8 Å². The molecule has 1 heterocycles. The van der Waals surface area contributed by atoms with E-state index in [1.54, 1.807) is 31.2 Å². The molecule has 4 N–H and O–H groups in total. The van der Waals surface area contributed by atoms with Crippen molar-refractivity contribution in [2.24, 2.45) is 11.8 Å². The van der Waals surface area contributed by atoms with Crippen LogP contribution in [0.1, 0.15) is 45.6 Å². The van der Waals surface area contributed by atoms with Crippen molar-refractivity contribution in [3.63, 3.8) is 0 Å². The van der Waals surface area contributed by atoms with Crippen molar-refractivity contribution in [2.75, 3.05) is 19.8 Å². The third kappa shape index (κ3) is 12.5. The average Bonchev–Trinajstić information content (AvgIpc) is 3.42. The highest BCUT2D eigenvalue weighted by Crippen LogP contribution is 2.17. The molecule has 0 aliphatic carbocycles. The molecular formula is C34H44N4O7. The molecule has 2 aromatic rings. The van der Waals surface area contributed by atoms with Crippen LogP contribution in [0.5, 0.6) is 5.75 Å². The molecule has 1 fully saturated rings. The van der Waals surface area contributed by atoms with Crippen LogP contribution >= 0.6 is 0 Å². The minimum Gasteiger partial charge on any atom is -0.484 e. The van der Waals surface area contributed by atoms with E-state index in [4.69, 9.17) is 9.47 Å². The predicted octanol–water partition coefficient (Wildman–Crippen LogP) is 2.45. The van der Waals surface area contributed by atoms with Gasteiger partial charge in [-0.25, -0.2) is 4.79 Å². The van der Waals surface area contributed by atoms with Gasteiger partial charge in [-0.1, -0.05) is 68.5 Å². The van der Waals surface area contributed by atoms with E-state index in [1.807, 2.05) is 50.2 Å². The number of rotatable bonds is 17. The molecule has 0 spiro atoms. The van der Waals surface area contributed by atoms with Crippen molar-refractivity contribution < 1.29 is 33.4 Å². The summed E-state index contributed by atoms with van der Waals surface area (Å²) >= 11 is 0. The highest BCUT2D eigenvalue weighted by Gasteiger charge is 2.31. The zero-order chi connectivity index (χ0) is 32.6. The molecule has 0 bridgehead atoms. The fourth-order valence-corrected chi connectivity index (χ4v) is 4.97. The second-order valence-corrected chi connectivity index (χ2v) is 11.3. The maximum atomic E-state index is 13.8.